The SMILES string of the molecule is NC(=O)OC12CC3CC(C1)C(NCc1ccccc1)C(C3)C2. The Hall–Kier alpha value is -1.55. The smallest absolute Gasteiger partial charge is 0.405 e. The number of nitrogens with one attached hydrogen (secondary N) is 1. The Labute approximate surface area is 131 Å². The summed E-state index contributed by atoms with van der Waals surface area (Å²) in [6.07, 6.45) is 4.93. The van der Waals surface area contributed by atoms with E-state index in [9.17, 15) is 4.79 Å². The number of hydrogen-bond donors (Lipinski definition) is 2. The first-order valence-corrected chi connectivity index (χ1v) is 8.39. The highest BCUT2D eigenvalue weighted by molar-refractivity contribution is 5.65. The molecule has 118 valence electrons. The summed E-state index contributed by atoms with van der Waals surface area (Å²) in [7, 11) is 0. The van der Waals surface area contributed by atoms with Crippen molar-refractivity contribution in [3.8, 4) is 0 Å². The molecule has 0 heterocycles. The monoisotopic (exact) mass is 300 g/mol. The first-order valence-electron chi connectivity index (χ1n) is 8.39. The van der Waals surface area contributed by atoms with Gasteiger partial charge in [0, 0.05) is 12.6 Å². The predicted molar refractivity (Wildman–Crippen MR) is 84.0 cm³/mol. The van der Waals surface area contributed by atoms with Gasteiger partial charge in [-0.05, 0) is 55.4 Å². The van der Waals surface area contributed by atoms with Gasteiger partial charge in [0.25, 0.3) is 0 Å². The van der Waals surface area contributed by atoms with Crippen LogP contribution in [0.25, 0.3) is 0 Å². The lowest BCUT2D eigenvalue weighted by molar-refractivity contribution is -0.139. The van der Waals surface area contributed by atoms with E-state index in [2.05, 4.69) is 35.6 Å². The van der Waals surface area contributed by atoms with Gasteiger partial charge >= 0.3 is 6.09 Å². The molecule has 4 saturated carbocycles. The molecule has 4 fully saturated rings. The number of benzene rings is 1. The van der Waals surface area contributed by atoms with Gasteiger partial charge < -0.3 is 15.8 Å². The summed E-state index contributed by atoms with van der Waals surface area (Å²) in [6, 6.07) is 11.1. The van der Waals surface area contributed by atoms with Crippen LogP contribution in [-0.4, -0.2) is 17.7 Å². The minimum atomic E-state index is -0.601. The second-order valence-corrected chi connectivity index (χ2v) is 7.47. The van der Waals surface area contributed by atoms with Crippen molar-refractivity contribution in [2.75, 3.05) is 0 Å². The number of amides is 1. The summed E-state index contributed by atoms with van der Waals surface area (Å²) >= 11 is 0. The first-order chi connectivity index (χ1) is 10.6. The van der Waals surface area contributed by atoms with Crippen molar-refractivity contribution >= 4 is 6.09 Å². The van der Waals surface area contributed by atoms with Crippen LogP contribution in [-0.2, 0) is 11.3 Å². The van der Waals surface area contributed by atoms with Crippen LogP contribution in [0.2, 0.25) is 0 Å². The van der Waals surface area contributed by atoms with Gasteiger partial charge in [-0.2, -0.15) is 0 Å². The topological polar surface area (TPSA) is 64.4 Å². The Kier molecular flexibility index (Phi) is 3.37. The van der Waals surface area contributed by atoms with Gasteiger partial charge in [0.2, 0.25) is 0 Å². The fourth-order valence-electron chi connectivity index (χ4n) is 5.45. The third kappa shape index (κ3) is 2.50. The Morgan fingerprint density at radius 3 is 2.50 bits per heavy atom. The third-order valence-electron chi connectivity index (χ3n) is 5.92. The van der Waals surface area contributed by atoms with E-state index in [-0.39, 0.29) is 5.60 Å². The normalized spacial score (nSPS) is 38.9. The summed E-state index contributed by atoms with van der Waals surface area (Å²) < 4.78 is 5.57. The van der Waals surface area contributed by atoms with E-state index in [0.717, 1.165) is 25.8 Å². The van der Waals surface area contributed by atoms with Crippen molar-refractivity contribution in [3.63, 3.8) is 0 Å². The molecule has 0 spiro atoms. The molecule has 1 aromatic rings. The van der Waals surface area contributed by atoms with E-state index in [1.54, 1.807) is 0 Å². The number of carbonyl (C=O) groups excluding carboxylic acids is 1. The maximum absolute atomic E-state index is 11.3. The van der Waals surface area contributed by atoms with Crippen LogP contribution in [0.15, 0.2) is 30.3 Å². The number of hydrogen-bond acceptors (Lipinski definition) is 3. The highest BCUT2D eigenvalue weighted by Gasteiger charge is 2.57. The number of nitrogens with two attached hydrogens (primary N) is 1. The van der Waals surface area contributed by atoms with Crippen molar-refractivity contribution in [2.45, 2.75) is 50.3 Å². The molecule has 1 amide bonds. The van der Waals surface area contributed by atoms with E-state index >= 15 is 0 Å². The molecule has 5 rings (SSSR count). The lowest BCUT2D eigenvalue weighted by Gasteiger charge is -2.59. The number of ether oxygens (including phenoxy) is 1. The van der Waals surface area contributed by atoms with Crippen LogP contribution in [0.1, 0.15) is 37.7 Å². The maximum Gasteiger partial charge on any atom is 0.405 e. The standard InChI is InChI=1S/C18H24N2O2/c19-17(21)22-18-8-13-6-14(9-18)16(15(7-13)10-18)20-11-12-4-2-1-3-5-12/h1-5,13-16,20H,6-11H2,(H2,19,21). The number of rotatable bonds is 4. The molecule has 4 bridgehead atoms. The average molecular weight is 300 g/mol. The van der Waals surface area contributed by atoms with E-state index in [1.165, 1.54) is 18.4 Å². The van der Waals surface area contributed by atoms with Crippen molar-refractivity contribution in [3.05, 3.63) is 35.9 Å². The van der Waals surface area contributed by atoms with E-state index in [4.69, 9.17) is 10.5 Å². The van der Waals surface area contributed by atoms with Crippen molar-refractivity contribution in [2.24, 2.45) is 23.5 Å². The zero-order valence-corrected chi connectivity index (χ0v) is 12.8. The molecule has 1 aromatic carbocycles. The van der Waals surface area contributed by atoms with E-state index in [0.29, 0.717) is 23.8 Å². The third-order valence-corrected chi connectivity index (χ3v) is 5.92. The average Bonchev–Trinajstić information content (AvgIpc) is 2.45. The minimum Gasteiger partial charge on any atom is -0.443 e. The van der Waals surface area contributed by atoms with Crippen molar-refractivity contribution < 1.29 is 9.53 Å². The lowest BCUT2D eigenvalue weighted by Crippen LogP contribution is -2.62. The van der Waals surface area contributed by atoms with Gasteiger partial charge in [-0.25, -0.2) is 4.79 Å². The maximum atomic E-state index is 11.3. The van der Waals surface area contributed by atoms with Crippen LogP contribution in [0.4, 0.5) is 4.79 Å². The molecule has 4 aliphatic carbocycles. The summed E-state index contributed by atoms with van der Waals surface area (Å²) in [4.78, 5) is 11.3. The molecular formula is C18H24N2O2. The van der Waals surface area contributed by atoms with E-state index in [1.807, 2.05) is 0 Å². The van der Waals surface area contributed by atoms with Gasteiger partial charge in [0.1, 0.15) is 5.60 Å². The molecule has 4 nitrogen and oxygen atoms in total. The van der Waals surface area contributed by atoms with Gasteiger partial charge in [-0.3, -0.25) is 0 Å². The zero-order valence-electron chi connectivity index (χ0n) is 12.8. The number of primary amides is 1. The molecular weight excluding hydrogens is 276 g/mol. The number of carbonyl (C=O) groups is 1. The molecule has 2 unspecified atom stereocenters. The van der Waals surface area contributed by atoms with Crippen LogP contribution in [0.5, 0.6) is 0 Å². The fraction of sp³-hybridized carbons (Fsp3) is 0.611. The van der Waals surface area contributed by atoms with Gasteiger partial charge in [-0.1, -0.05) is 30.3 Å². The van der Waals surface area contributed by atoms with Gasteiger partial charge in [0.05, 0.1) is 0 Å². The summed E-state index contributed by atoms with van der Waals surface area (Å²) in [6.45, 7) is 0.923. The Morgan fingerprint density at radius 2 is 1.86 bits per heavy atom. The fourth-order valence-corrected chi connectivity index (χ4v) is 5.45. The van der Waals surface area contributed by atoms with Crippen LogP contribution < -0.4 is 11.1 Å². The first kappa shape index (κ1) is 14.1. The Balaban J connectivity index is 1.45. The molecule has 0 aliphatic heterocycles. The van der Waals surface area contributed by atoms with Crippen LogP contribution in [0.3, 0.4) is 0 Å². The lowest BCUT2D eigenvalue weighted by atomic mass is 9.52. The molecule has 0 aromatic heterocycles. The molecule has 4 aliphatic rings. The summed E-state index contributed by atoms with van der Waals surface area (Å²) in [5, 5.41) is 3.78. The molecule has 2 atom stereocenters. The molecule has 22 heavy (non-hydrogen) atoms. The molecule has 3 N–H and O–H groups in total. The Bertz CT molecular complexity index is 543. The summed E-state index contributed by atoms with van der Waals surface area (Å²) in [5.41, 5.74) is 6.38. The Morgan fingerprint density at radius 1 is 1.18 bits per heavy atom. The zero-order chi connectivity index (χ0) is 15.2. The molecule has 0 radical (unpaired) electrons. The second-order valence-electron chi connectivity index (χ2n) is 7.47. The van der Waals surface area contributed by atoms with Crippen molar-refractivity contribution in [1.82, 2.24) is 5.32 Å². The largest absolute Gasteiger partial charge is 0.443 e. The quantitative estimate of drug-likeness (QED) is 0.898. The predicted octanol–water partition coefficient (Wildman–Crippen LogP) is 2.82. The highest BCUT2D eigenvalue weighted by atomic mass is 16.6. The van der Waals surface area contributed by atoms with Crippen LogP contribution >= 0.6 is 0 Å². The highest BCUT2D eigenvalue weighted by Crippen LogP contribution is 2.57. The van der Waals surface area contributed by atoms with E-state index < -0.39 is 6.09 Å². The second kappa shape index (κ2) is 5.27. The molecule has 0 saturated heterocycles. The van der Waals surface area contributed by atoms with Gasteiger partial charge in [0.15, 0.2) is 0 Å². The van der Waals surface area contributed by atoms with Gasteiger partial charge in [-0.15, -0.1) is 0 Å². The summed E-state index contributed by atoms with van der Waals surface area (Å²) in [5.74, 6) is 1.95. The minimum absolute atomic E-state index is 0.257. The molecule has 4 heteroatoms. The van der Waals surface area contributed by atoms with Crippen molar-refractivity contribution in [1.29, 1.82) is 0 Å². The van der Waals surface area contributed by atoms with Crippen LogP contribution in [0, 0.1) is 17.8 Å².